The van der Waals surface area contributed by atoms with E-state index >= 15 is 0 Å². The lowest BCUT2D eigenvalue weighted by Crippen LogP contribution is -2.33. The summed E-state index contributed by atoms with van der Waals surface area (Å²) in [5, 5.41) is 13.8. The first-order valence-corrected chi connectivity index (χ1v) is 14.3. The fourth-order valence-corrected chi connectivity index (χ4v) is 5.91. The molecule has 1 atom stereocenters. The lowest BCUT2D eigenvalue weighted by molar-refractivity contribution is -0.127. The Hall–Kier alpha value is -3.71. The van der Waals surface area contributed by atoms with E-state index in [4.69, 9.17) is 9.26 Å². The van der Waals surface area contributed by atoms with Gasteiger partial charge in [0.1, 0.15) is 21.7 Å². The van der Waals surface area contributed by atoms with E-state index in [1.807, 2.05) is 32.0 Å². The molecule has 1 aromatic heterocycles. The Kier molecular flexibility index (Phi) is 6.28. The van der Waals surface area contributed by atoms with Crippen molar-refractivity contribution in [2.45, 2.75) is 44.6 Å². The quantitative estimate of drug-likeness (QED) is 0.463. The number of carbonyl (C=O) groups excluding carboxylic acids is 1. The fraction of sp³-hybridized carbons (Fsp3) is 0.407. The number of nitriles is 1. The van der Waals surface area contributed by atoms with Crippen LogP contribution in [-0.4, -0.2) is 60.6 Å². The number of carbonyl (C=O) groups is 1. The normalized spacial score (nSPS) is 19.0. The Morgan fingerprint density at radius 2 is 2.08 bits per heavy atom. The maximum atomic E-state index is 12.8. The monoisotopic (exact) mass is 520 g/mol. The summed E-state index contributed by atoms with van der Waals surface area (Å²) in [4.78, 5) is 19.1. The molecule has 0 saturated carbocycles. The third-order valence-electron chi connectivity index (χ3n) is 7.05. The molecule has 1 aliphatic heterocycles. The minimum atomic E-state index is -3.15. The maximum absolute atomic E-state index is 12.8. The van der Waals surface area contributed by atoms with Gasteiger partial charge < -0.3 is 14.2 Å². The van der Waals surface area contributed by atoms with Crippen molar-refractivity contribution in [1.82, 2.24) is 15.0 Å². The third-order valence-corrected chi connectivity index (χ3v) is 7.97. The van der Waals surface area contributed by atoms with Gasteiger partial charge in [0.05, 0.1) is 17.4 Å². The van der Waals surface area contributed by atoms with E-state index in [2.05, 4.69) is 16.2 Å². The van der Waals surface area contributed by atoms with Gasteiger partial charge in [-0.3, -0.25) is 4.79 Å². The molecular weight excluding hydrogens is 492 g/mol. The first-order valence-electron chi connectivity index (χ1n) is 12.2. The number of sulfone groups is 1. The van der Waals surface area contributed by atoms with E-state index in [0.29, 0.717) is 41.6 Å². The van der Waals surface area contributed by atoms with Crippen molar-refractivity contribution in [1.29, 1.82) is 5.26 Å². The van der Waals surface area contributed by atoms with Crippen LogP contribution in [0, 0.1) is 11.3 Å². The van der Waals surface area contributed by atoms with Gasteiger partial charge in [-0.25, -0.2) is 8.42 Å². The van der Waals surface area contributed by atoms with Crippen molar-refractivity contribution in [3.8, 4) is 34.7 Å². The van der Waals surface area contributed by atoms with Crippen molar-refractivity contribution < 1.29 is 22.5 Å². The Morgan fingerprint density at radius 1 is 1.27 bits per heavy atom. The van der Waals surface area contributed by atoms with Crippen molar-refractivity contribution in [2.24, 2.45) is 0 Å². The van der Waals surface area contributed by atoms with E-state index in [1.54, 1.807) is 23.1 Å². The molecule has 3 aromatic rings. The molecule has 1 spiro atoms. The van der Waals surface area contributed by atoms with Gasteiger partial charge in [0.25, 0.3) is 5.89 Å². The van der Waals surface area contributed by atoms with E-state index in [-0.39, 0.29) is 29.7 Å². The number of benzene rings is 2. The molecule has 2 aromatic carbocycles. The second-order valence-electron chi connectivity index (χ2n) is 10.1. The summed E-state index contributed by atoms with van der Waals surface area (Å²) in [6.45, 7) is 4.53. The molecule has 0 radical (unpaired) electrons. The molecule has 37 heavy (non-hydrogen) atoms. The van der Waals surface area contributed by atoms with Gasteiger partial charge in [-0.2, -0.15) is 10.2 Å². The smallest absolute Gasteiger partial charge is 0.258 e. The number of hydrogen-bond acceptors (Lipinski definition) is 8. The number of fused-ring (bicyclic) bond motifs is 2. The van der Waals surface area contributed by atoms with Crippen LogP contribution < -0.4 is 4.74 Å². The predicted octanol–water partition coefficient (Wildman–Crippen LogP) is 3.52. The van der Waals surface area contributed by atoms with E-state index in [0.717, 1.165) is 29.5 Å². The van der Waals surface area contributed by atoms with Crippen molar-refractivity contribution >= 4 is 15.7 Å². The number of ether oxygens (including phenoxy) is 1. The summed E-state index contributed by atoms with van der Waals surface area (Å²) in [7, 11) is -3.15. The predicted molar refractivity (Wildman–Crippen MR) is 137 cm³/mol. The molecule has 1 aliphatic carbocycles. The SMILES string of the molecule is CC(C)Oc1ccc(-c2nc(-c3cccc4c3CC[C@]43CC(=O)N(CCS(C)(=O)=O)C3)no2)cc1C#N. The molecule has 9 nitrogen and oxygen atoms in total. The van der Waals surface area contributed by atoms with Crippen molar-refractivity contribution in [3.05, 3.63) is 53.1 Å². The van der Waals surface area contributed by atoms with Gasteiger partial charge in [0.2, 0.25) is 11.7 Å². The van der Waals surface area contributed by atoms with Crippen LogP contribution in [-0.2, 0) is 26.5 Å². The number of nitrogens with zero attached hydrogens (tertiary/aromatic N) is 4. The Morgan fingerprint density at radius 3 is 2.81 bits per heavy atom. The minimum absolute atomic E-state index is 0.0121. The van der Waals surface area contributed by atoms with E-state index in [9.17, 15) is 18.5 Å². The number of likely N-dealkylation sites (tertiary alicyclic amines) is 1. The molecule has 1 saturated heterocycles. The molecule has 10 heteroatoms. The Bertz CT molecular complexity index is 1520. The van der Waals surface area contributed by atoms with Crippen LogP contribution in [0.4, 0.5) is 0 Å². The Labute approximate surface area is 216 Å². The molecule has 0 N–H and O–H groups in total. The van der Waals surface area contributed by atoms with Gasteiger partial charge in [-0.05, 0) is 56.0 Å². The minimum Gasteiger partial charge on any atom is -0.490 e. The number of aromatic nitrogens is 2. The average molecular weight is 521 g/mol. The summed E-state index contributed by atoms with van der Waals surface area (Å²) >= 11 is 0. The van der Waals surface area contributed by atoms with Gasteiger partial charge in [0.15, 0.2) is 0 Å². The zero-order valence-electron chi connectivity index (χ0n) is 21.0. The second-order valence-corrected chi connectivity index (χ2v) is 12.4. The van der Waals surface area contributed by atoms with Gasteiger partial charge in [-0.1, -0.05) is 23.4 Å². The largest absolute Gasteiger partial charge is 0.490 e. The highest BCUT2D eigenvalue weighted by molar-refractivity contribution is 7.90. The first-order chi connectivity index (χ1) is 17.6. The number of amides is 1. The number of rotatable bonds is 7. The Balaban J connectivity index is 1.42. The van der Waals surface area contributed by atoms with Crippen LogP contribution in [0.5, 0.6) is 5.75 Å². The maximum Gasteiger partial charge on any atom is 0.258 e. The average Bonchev–Trinajstić information content (AvgIpc) is 3.55. The van der Waals surface area contributed by atoms with Gasteiger partial charge >= 0.3 is 0 Å². The zero-order chi connectivity index (χ0) is 26.4. The van der Waals surface area contributed by atoms with Crippen LogP contribution in [0.15, 0.2) is 40.9 Å². The lowest BCUT2D eigenvalue weighted by Gasteiger charge is -2.25. The fourth-order valence-electron chi connectivity index (χ4n) is 5.36. The summed E-state index contributed by atoms with van der Waals surface area (Å²) in [5.41, 5.74) is 3.71. The molecule has 192 valence electrons. The molecule has 1 fully saturated rings. The van der Waals surface area contributed by atoms with Crippen LogP contribution in [0.3, 0.4) is 0 Å². The number of hydrogen-bond donors (Lipinski definition) is 0. The van der Waals surface area contributed by atoms with Crippen molar-refractivity contribution in [2.75, 3.05) is 25.1 Å². The molecule has 1 amide bonds. The van der Waals surface area contributed by atoms with Crippen LogP contribution >= 0.6 is 0 Å². The van der Waals surface area contributed by atoms with Gasteiger partial charge in [-0.15, -0.1) is 0 Å². The molecule has 0 unspecified atom stereocenters. The van der Waals surface area contributed by atoms with Crippen LogP contribution in [0.25, 0.3) is 22.8 Å². The summed E-state index contributed by atoms with van der Waals surface area (Å²) in [6.07, 6.45) is 3.07. The topological polar surface area (TPSA) is 126 Å². The summed E-state index contributed by atoms with van der Waals surface area (Å²) in [6, 6.07) is 13.3. The van der Waals surface area contributed by atoms with Gasteiger partial charge in [0, 0.05) is 42.3 Å². The summed E-state index contributed by atoms with van der Waals surface area (Å²) in [5.74, 6) is 1.20. The molecule has 5 rings (SSSR count). The van der Waals surface area contributed by atoms with Crippen LogP contribution in [0.2, 0.25) is 0 Å². The molecule has 0 bridgehead atoms. The van der Waals surface area contributed by atoms with Crippen molar-refractivity contribution in [3.63, 3.8) is 0 Å². The first kappa shape index (κ1) is 25.0. The highest BCUT2D eigenvalue weighted by Gasteiger charge is 2.48. The summed E-state index contributed by atoms with van der Waals surface area (Å²) < 4.78 is 34.5. The second kappa shape index (κ2) is 9.30. The zero-order valence-corrected chi connectivity index (χ0v) is 21.8. The lowest BCUT2D eigenvalue weighted by atomic mass is 9.80. The molecular formula is C27H28N4O5S. The third kappa shape index (κ3) is 4.83. The van der Waals surface area contributed by atoms with E-state index < -0.39 is 9.84 Å². The van der Waals surface area contributed by atoms with E-state index in [1.165, 1.54) is 6.26 Å². The van der Waals surface area contributed by atoms with Crippen LogP contribution in [0.1, 0.15) is 43.4 Å². The molecule has 2 heterocycles. The highest BCUT2D eigenvalue weighted by Crippen LogP contribution is 2.48. The highest BCUT2D eigenvalue weighted by atomic mass is 32.2. The standard InChI is InChI=1S/C27H28N4O5S/c1-17(2)35-23-8-7-18(13-19(23)15-28)26-29-25(30-36-26)21-5-4-6-22-20(21)9-10-27(22)14-24(32)31(16-27)11-12-37(3,33)34/h4-8,13,17H,9-12,14,16H2,1-3H3/t27-/m1/s1. The molecule has 2 aliphatic rings.